The number of hydrogen-bond acceptors (Lipinski definition) is 3. The van der Waals surface area contributed by atoms with Crippen molar-refractivity contribution in [2.45, 2.75) is 57.6 Å². The molecule has 0 spiro atoms. The maximum atomic E-state index is 12.4. The summed E-state index contributed by atoms with van der Waals surface area (Å²) in [5.41, 5.74) is 6.85. The van der Waals surface area contributed by atoms with Crippen molar-refractivity contribution in [1.82, 2.24) is 5.32 Å². The highest BCUT2D eigenvalue weighted by Gasteiger charge is 2.31. The van der Waals surface area contributed by atoms with Gasteiger partial charge in [0.1, 0.15) is 5.75 Å². The van der Waals surface area contributed by atoms with E-state index in [2.05, 4.69) is 5.32 Å². The average molecular weight is 316 g/mol. The second-order valence-electron chi connectivity index (χ2n) is 6.88. The van der Waals surface area contributed by atoms with Crippen LogP contribution in [0.1, 0.15) is 50.5 Å². The maximum Gasteiger partial charge on any atom is 0.223 e. The van der Waals surface area contributed by atoms with E-state index in [0.717, 1.165) is 43.4 Å². The fourth-order valence-corrected chi connectivity index (χ4v) is 3.93. The molecule has 0 aromatic heterocycles. The second kappa shape index (κ2) is 7.82. The molecule has 0 aliphatic heterocycles. The molecule has 2 aliphatic rings. The summed E-state index contributed by atoms with van der Waals surface area (Å²) in [6.45, 7) is 1.15. The number of carbonyl (C=O) groups excluding carboxylic acids is 1. The lowest BCUT2D eigenvalue weighted by molar-refractivity contribution is -0.126. The number of nitrogens with one attached hydrogen (secondary N) is 1. The zero-order valence-electron chi connectivity index (χ0n) is 13.8. The Morgan fingerprint density at radius 3 is 2.70 bits per heavy atom. The van der Waals surface area contributed by atoms with Gasteiger partial charge in [0.25, 0.3) is 0 Å². The van der Waals surface area contributed by atoms with E-state index in [1.54, 1.807) is 0 Å². The molecule has 0 saturated heterocycles. The van der Waals surface area contributed by atoms with Crippen molar-refractivity contribution >= 4 is 5.91 Å². The topological polar surface area (TPSA) is 64.4 Å². The maximum absolute atomic E-state index is 12.4. The summed E-state index contributed by atoms with van der Waals surface area (Å²) in [6.07, 6.45) is 8.29. The van der Waals surface area contributed by atoms with Crippen LogP contribution in [-0.2, 0) is 11.3 Å². The van der Waals surface area contributed by atoms with Crippen LogP contribution >= 0.6 is 0 Å². The molecule has 1 aromatic rings. The highest BCUT2D eigenvalue weighted by atomic mass is 16.5. The number of ether oxygens (including phenoxy) is 1. The van der Waals surface area contributed by atoms with Crippen molar-refractivity contribution in [3.8, 4) is 5.75 Å². The molecule has 23 heavy (non-hydrogen) atoms. The SMILES string of the molecule is NC[C@H]1CCC[C@H]1C(=O)NCc1ccccc1OC1CCCC1. The van der Waals surface area contributed by atoms with Crippen molar-refractivity contribution in [1.29, 1.82) is 0 Å². The molecule has 1 amide bonds. The number of amides is 1. The quantitative estimate of drug-likeness (QED) is 0.848. The minimum absolute atomic E-state index is 0.0860. The third kappa shape index (κ3) is 4.05. The number of hydrogen-bond donors (Lipinski definition) is 2. The van der Waals surface area contributed by atoms with E-state index in [4.69, 9.17) is 10.5 Å². The third-order valence-corrected chi connectivity index (χ3v) is 5.32. The molecule has 3 rings (SSSR count). The molecule has 126 valence electrons. The van der Waals surface area contributed by atoms with Gasteiger partial charge in [0.15, 0.2) is 0 Å². The summed E-state index contributed by atoms with van der Waals surface area (Å²) in [4.78, 5) is 12.4. The zero-order valence-corrected chi connectivity index (χ0v) is 13.8. The van der Waals surface area contributed by atoms with Crippen LogP contribution in [-0.4, -0.2) is 18.6 Å². The molecule has 0 radical (unpaired) electrons. The van der Waals surface area contributed by atoms with E-state index in [0.29, 0.717) is 25.1 Å². The molecule has 3 N–H and O–H groups in total. The smallest absolute Gasteiger partial charge is 0.223 e. The molecule has 0 unspecified atom stereocenters. The van der Waals surface area contributed by atoms with Crippen molar-refractivity contribution < 1.29 is 9.53 Å². The normalized spacial score (nSPS) is 24.7. The van der Waals surface area contributed by atoms with Gasteiger partial charge >= 0.3 is 0 Å². The monoisotopic (exact) mass is 316 g/mol. The molecule has 2 saturated carbocycles. The Morgan fingerprint density at radius 1 is 1.13 bits per heavy atom. The number of benzene rings is 1. The van der Waals surface area contributed by atoms with Crippen LogP contribution in [0.5, 0.6) is 5.75 Å². The molecule has 2 aliphatic carbocycles. The first-order valence-electron chi connectivity index (χ1n) is 9.00. The molecule has 0 heterocycles. The van der Waals surface area contributed by atoms with Gasteiger partial charge in [-0.1, -0.05) is 24.6 Å². The number of para-hydroxylation sites is 1. The van der Waals surface area contributed by atoms with Gasteiger partial charge < -0.3 is 15.8 Å². The minimum Gasteiger partial charge on any atom is -0.490 e. The lowest BCUT2D eigenvalue weighted by Crippen LogP contribution is -2.34. The van der Waals surface area contributed by atoms with E-state index in [9.17, 15) is 4.79 Å². The summed E-state index contributed by atoms with van der Waals surface area (Å²) < 4.78 is 6.14. The van der Waals surface area contributed by atoms with E-state index < -0.39 is 0 Å². The Bertz CT molecular complexity index is 526. The lowest BCUT2D eigenvalue weighted by atomic mass is 9.95. The molecule has 4 nitrogen and oxygen atoms in total. The van der Waals surface area contributed by atoms with E-state index >= 15 is 0 Å². The van der Waals surface area contributed by atoms with Crippen molar-refractivity contribution in [2.75, 3.05) is 6.54 Å². The number of nitrogens with two attached hydrogens (primary N) is 1. The van der Waals surface area contributed by atoms with Gasteiger partial charge in [0.05, 0.1) is 6.10 Å². The fourth-order valence-electron chi connectivity index (χ4n) is 3.93. The Kier molecular flexibility index (Phi) is 5.55. The van der Waals surface area contributed by atoms with Gasteiger partial charge in [-0.15, -0.1) is 0 Å². The fraction of sp³-hybridized carbons (Fsp3) is 0.632. The molecule has 1 aromatic carbocycles. The summed E-state index contributed by atoms with van der Waals surface area (Å²) in [7, 11) is 0. The Morgan fingerprint density at radius 2 is 1.91 bits per heavy atom. The summed E-state index contributed by atoms with van der Waals surface area (Å²) in [5, 5.41) is 3.10. The van der Waals surface area contributed by atoms with Crippen molar-refractivity contribution in [2.24, 2.45) is 17.6 Å². The molecule has 2 atom stereocenters. The highest BCUT2D eigenvalue weighted by molar-refractivity contribution is 5.79. The van der Waals surface area contributed by atoms with Crippen LogP contribution in [0.4, 0.5) is 0 Å². The first-order valence-corrected chi connectivity index (χ1v) is 9.00. The van der Waals surface area contributed by atoms with Gasteiger partial charge in [-0.3, -0.25) is 4.79 Å². The first kappa shape index (κ1) is 16.3. The third-order valence-electron chi connectivity index (χ3n) is 5.32. The predicted octanol–water partition coefficient (Wildman–Crippen LogP) is 3.00. The van der Waals surface area contributed by atoms with Gasteiger partial charge in [0, 0.05) is 18.0 Å². The summed E-state index contributed by atoms with van der Waals surface area (Å²) >= 11 is 0. The first-order chi connectivity index (χ1) is 11.3. The summed E-state index contributed by atoms with van der Waals surface area (Å²) in [5.74, 6) is 1.50. The van der Waals surface area contributed by atoms with Crippen molar-refractivity contribution in [3.05, 3.63) is 29.8 Å². The molecule has 0 bridgehead atoms. The van der Waals surface area contributed by atoms with E-state index in [1.165, 1.54) is 12.8 Å². The molecular formula is C19H28N2O2. The van der Waals surface area contributed by atoms with Crippen LogP contribution in [0, 0.1) is 11.8 Å². The second-order valence-corrected chi connectivity index (χ2v) is 6.88. The number of rotatable bonds is 6. The van der Waals surface area contributed by atoms with Gasteiger partial charge in [-0.2, -0.15) is 0 Å². The standard InChI is InChI=1S/C19H28N2O2/c20-12-14-7-5-10-17(14)19(22)21-13-15-6-1-4-11-18(15)23-16-8-2-3-9-16/h1,4,6,11,14,16-17H,2-3,5,7-10,12-13,20H2,(H,21,22)/t14-,17-/m1/s1. The van der Waals surface area contributed by atoms with Crippen LogP contribution < -0.4 is 15.8 Å². The number of carbonyl (C=O) groups is 1. The molecule has 2 fully saturated rings. The molecule has 4 heteroatoms. The average Bonchev–Trinajstić information content (AvgIpc) is 3.25. The highest BCUT2D eigenvalue weighted by Crippen LogP contribution is 2.31. The van der Waals surface area contributed by atoms with E-state index in [1.807, 2.05) is 24.3 Å². The summed E-state index contributed by atoms with van der Waals surface area (Å²) in [6, 6.07) is 8.05. The minimum atomic E-state index is 0.0860. The van der Waals surface area contributed by atoms with Gasteiger partial charge in [-0.05, 0) is 57.1 Å². The van der Waals surface area contributed by atoms with E-state index in [-0.39, 0.29) is 11.8 Å². The molecular weight excluding hydrogens is 288 g/mol. The van der Waals surface area contributed by atoms with Crippen molar-refractivity contribution in [3.63, 3.8) is 0 Å². The lowest BCUT2D eigenvalue weighted by Gasteiger charge is -2.19. The predicted molar refractivity (Wildman–Crippen MR) is 91.1 cm³/mol. The Labute approximate surface area is 138 Å². The largest absolute Gasteiger partial charge is 0.490 e. The van der Waals surface area contributed by atoms with Gasteiger partial charge in [0.2, 0.25) is 5.91 Å². The van der Waals surface area contributed by atoms with Crippen LogP contribution in [0.2, 0.25) is 0 Å². The zero-order chi connectivity index (χ0) is 16.1. The Hall–Kier alpha value is -1.55. The Balaban J connectivity index is 1.58. The van der Waals surface area contributed by atoms with Crippen LogP contribution in [0.15, 0.2) is 24.3 Å². The van der Waals surface area contributed by atoms with Crippen LogP contribution in [0.3, 0.4) is 0 Å². The van der Waals surface area contributed by atoms with Crippen LogP contribution in [0.25, 0.3) is 0 Å². The van der Waals surface area contributed by atoms with Gasteiger partial charge in [-0.25, -0.2) is 0 Å².